The second-order valence-corrected chi connectivity index (χ2v) is 11.7. The lowest BCUT2D eigenvalue weighted by Gasteiger charge is -2.36. The fourth-order valence-corrected chi connectivity index (χ4v) is 5.33. The number of nitrogens with zero attached hydrogens (tertiary/aromatic N) is 6. The van der Waals surface area contributed by atoms with E-state index in [1.165, 1.54) is 0 Å². The van der Waals surface area contributed by atoms with Gasteiger partial charge >= 0.3 is 23.9 Å². The van der Waals surface area contributed by atoms with Gasteiger partial charge in [0.1, 0.15) is 6.04 Å². The lowest BCUT2D eigenvalue weighted by Crippen LogP contribution is -2.54. The molecule has 46 heavy (non-hydrogen) atoms. The average molecular weight is 659 g/mol. The van der Waals surface area contributed by atoms with Gasteiger partial charge in [-0.3, -0.25) is 53.3 Å². The Balaban J connectivity index is 1.89. The van der Waals surface area contributed by atoms with Crippen molar-refractivity contribution >= 4 is 35.7 Å². The van der Waals surface area contributed by atoms with E-state index in [9.17, 15) is 44.1 Å². The van der Waals surface area contributed by atoms with E-state index in [2.05, 4.69) is 5.32 Å². The first-order valence-corrected chi connectivity index (χ1v) is 15.6. The van der Waals surface area contributed by atoms with E-state index in [1.54, 1.807) is 19.6 Å². The molecule has 7 N–H and O–H groups in total. The summed E-state index contributed by atoms with van der Waals surface area (Å²) < 4.78 is 0. The molecule has 0 bridgehead atoms. The summed E-state index contributed by atoms with van der Waals surface area (Å²) in [7, 11) is 0. The quantitative estimate of drug-likeness (QED) is 0.0875. The molecule has 0 saturated carbocycles. The molecule has 18 heteroatoms. The van der Waals surface area contributed by atoms with Gasteiger partial charge in [-0.1, -0.05) is 0 Å². The van der Waals surface area contributed by atoms with Crippen molar-refractivity contribution in [2.75, 3.05) is 118 Å². The number of carbonyl (C=O) groups is 6. The molecule has 0 radical (unpaired) electrons. The van der Waals surface area contributed by atoms with Crippen LogP contribution in [0.2, 0.25) is 0 Å². The Hall–Kier alpha value is -3.42. The summed E-state index contributed by atoms with van der Waals surface area (Å²) in [6.45, 7) is 4.43. The number of hydrogen-bond acceptors (Lipinski definition) is 12. The zero-order chi connectivity index (χ0) is 34.1. The first kappa shape index (κ1) is 38.8. The standard InChI is InChI=1S/C28H50N8O10/c29-22(28(45)46)3-1-2-4-30-23(37)17-31-13-15-36(16-14-31)24(38)18-32-5-7-33(19-25(39)40)9-11-35(21-27(43)44)12-10-34(8-6-32)20-26(41)42/h22H,1-21,29H2,(H,30,37)(H,39,40)(H,41,42)(H,43,44)(H,45,46)/t22-/m0/s1. The molecule has 262 valence electrons. The summed E-state index contributed by atoms with van der Waals surface area (Å²) in [6.07, 6.45) is 1.55. The molecule has 0 spiro atoms. The summed E-state index contributed by atoms with van der Waals surface area (Å²) in [5, 5.41) is 39.7. The third kappa shape index (κ3) is 16.2. The maximum Gasteiger partial charge on any atom is 0.320 e. The highest BCUT2D eigenvalue weighted by atomic mass is 16.4. The monoisotopic (exact) mass is 658 g/mol. The Bertz CT molecular complexity index is 994. The van der Waals surface area contributed by atoms with Crippen molar-refractivity contribution in [2.24, 2.45) is 5.73 Å². The minimum absolute atomic E-state index is 0.0684. The Morgan fingerprint density at radius 3 is 1.30 bits per heavy atom. The number of carboxylic acid groups (broad SMARTS) is 4. The van der Waals surface area contributed by atoms with E-state index < -0.39 is 29.9 Å². The molecule has 0 aliphatic carbocycles. The number of rotatable bonds is 16. The van der Waals surface area contributed by atoms with Crippen LogP contribution in [0.25, 0.3) is 0 Å². The van der Waals surface area contributed by atoms with Crippen molar-refractivity contribution in [3.8, 4) is 0 Å². The van der Waals surface area contributed by atoms with E-state index in [4.69, 9.17) is 10.8 Å². The molecule has 2 fully saturated rings. The zero-order valence-corrected chi connectivity index (χ0v) is 26.4. The van der Waals surface area contributed by atoms with Crippen LogP contribution in [-0.2, 0) is 28.8 Å². The van der Waals surface area contributed by atoms with Crippen LogP contribution in [0.3, 0.4) is 0 Å². The number of nitrogens with one attached hydrogen (secondary N) is 1. The molecule has 0 aromatic heterocycles. The second kappa shape index (κ2) is 20.7. The van der Waals surface area contributed by atoms with Gasteiger partial charge in [-0.2, -0.15) is 0 Å². The Morgan fingerprint density at radius 2 is 0.913 bits per heavy atom. The molecule has 0 unspecified atom stereocenters. The number of unbranched alkanes of at least 4 members (excludes halogenated alkanes) is 1. The smallest absolute Gasteiger partial charge is 0.320 e. The molecule has 0 aromatic rings. The van der Waals surface area contributed by atoms with Crippen LogP contribution < -0.4 is 11.1 Å². The van der Waals surface area contributed by atoms with Crippen LogP contribution in [0.4, 0.5) is 0 Å². The van der Waals surface area contributed by atoms with Gasteiger partial charge in [0.15, 0.2) is 0 Å². The van der Waals surface area contributed by atoms with Gasteiger partial charge in [0, 0.05) is 85.1 Å². The Morgan fingerprint density at radius 1 is 0.543 bits per heavy atom. The van der Waals surface area contributed by atoms with Gasteiger partial charge in [0.25, 0.3) is 0 Å². The highest BCUT2D eigenvalue weighted by Crippen LogP contribution is 2.06. The van der Waals surface area contributed by atoms with Crippen LogP contribution in [0.15, 0.2) is 0 Å². The molecule has 2 amide bonds. The number of aliphatic carboxylic acids is 4. The highest BCUT2D eigenvalue weighted by molar-refractivity contribution is 5.79. The van der Waals surface area contributed by atoms with E-state index in [-0.39, 0.29) is 44.5 Å². The van der Waals surface area contributed by atoms with Crippen LogP contribution >= 0.6 is 0 Å². The topological polar surface area (TPSA) is 241 Å². The van der Waals surface area contributed by atoms with Gasteiger partial charge in [-0.15, -0.1) is 0 Å². The molecule has 0 aromatic carbocycles. The Kier molecular flexibility index (Phi) is 17.4. The summed E-state index contributed by atoms with van der Waals surface area (Å²) in [4.78, 5) is 81.4. The molecular formula is C28H50N8O10. The summed E-state index contributed by atoms with van der Waals surface area (Å²) >= 11 is 0. The van der Waals surface area contributed by atoms with Gasteiger partial charge in [0.2, 0.25) is 11.8 Å². The number of hydrogen-bond donors (Lipinski definition) is 6. The largest absolute Gasteiger partial charge is 0.480 e. The SMILES string of the molecule is N[C@@H](CCCCNC(=O)CN1CCN(C(=O)CN2CCN(CC(=O)O)CCN(CC(=O)O)CCN(CC(=O)O)CC2)CC1)C(=O)O. The molecule has 1 atom stereocenters. The van der Waals surface area contributed by atoms with Crippen molar-refractivity contribution in [2.45, 2.75) is 25.3 Å². The molecule has 2 saturated heterocycles. The van der Waals surface area contributed by atoms with Crippen LogP contribution in [0, 0.1) is 0 Å². The maximum atomic E-state index is 13.3. The van der Waals surface area contributed by atoms with Gasteiger partial charge in [0.05, 0.1) is 32.7 Å². The normalized spacial score (nSPS) is 19.5. The van der Waals surface area contributed by atoms with Crippen LogP contribution in [0.1, 0.15) is 19.3 Å². The van der Waals surface area contributed by atoms with E-state index in [1.807, 2.05) is 9.80 Å². The first-order chi connectivity index (χ1) is 21.8. The molecule has 2 aliphatic rings. The third-order valence-electron chi connectivity index (χ3n) is 8.04. The predicted molar refractivity (Wildman–Crippen MR) is 164 cm³/mol. The molecule has 18 nitrogen and oxygen atoms in total. The van der Waals surface area contributed by atoms with Gasteiger partial charge in [-0.25, -0.2) is 0 Å². The third-order valence-corrected chi connectivity index (χ3v) is 8.04. The van der Waals surface area contributed by atoms with Crippen molar-refractivity contribution < 1.29 is 49.2 Å². The fraction of sp³-hybridized carbons (Fsp3) is 0.786. The number of nitrogens with two attached hydrogens (primary N) is 1. The van der Waals surface area contributed by atoms with Crippen molar-refractivity contribution in [3.63, 3.8) is 0 Å². The van der Waals surface area contributed by atoms with Crippen LogP contribution in [-0.4, -0.2) is 209 Å². The van der Waals surface area contributed by atoms with E-state index in [0.717, 1.165) is 0 Å². The molecule has 2 rings (SSSR count). The minimum Gasteiger partial charge on any atom is -0.480 e. The first-order valence-electron chi connectivity index (χ1n) is 15.6. The average Bonchev–Trinajstić information content (AvgIpc) is 2.97. The van der Waals surface area contributed by atoms with Gasteiger partial charge in [-0.05, 0) is 19.3 Å². The summed E-state index contributed by atoms with van der Waals surface area (Å²) in [5.74, 6) is -4.36. The molecular weight excluding hydrogens is 608 g/mol. The van der Waals surface area contributed by atoms with Crippen molar-refractivity contribution in [1.82, 2.24) is 34.7 Å². The van der Waals surface area contributed by atoms with Crippen LogP contribution in [0.5, 0.6) is 0 Å². The van der Waals surface area contributed by atoms with Crippen molar-refractivity contribution in [1.29, 1.82) is 0 Å². The van der Waals surface area contributed by atoms with Crippen molar-refractivity contribution in [3.05, 3.63) is 0 Å². The number of carbonyl (C=O) groups excluding carboxylic acids is 2. The van der Waals surface area contributed by atoms with E-state index >= 15 is 0 Å². The molecule has 2 aliphatic heterocycles. The van der Waals surface area contributed by atoms with Gasteiger partial charge < -0.3 is 36.4 Å². The second-order valence-electron chi connectivity index (χ2n) is 11.7. The lowest BCUT2D eigenvalue weighted by molar-refractivity contribution is -0.141. The molecule has 2 heterocycles. The van der Waals surface area contributed by atoms with E-state index in [0.29, 0.717) is 104 Å². The predicted octanol–water partition coefficient (Wildman–Crippen LogP) is -3.70. The minimum atomic E-state index is -1.04. The lowest BCUT2D eigenvalue weighted by atomic mass is 10.1. The number of amides is 2. The maximum absolute atomic E-state index is 13.3. The summed E-state index contributed by atoms with van der Waals surface area (Å²) in [5.41, 5.74) is 5.48. The highest BCUT2D eigenvalue weighted by Gasteiger charge is 2.25. The number of piperazine rings is 1. The fourth-order valence-electron chi connectivity index (χ4n) is 5.33. The Labute approximate surface area is 268 Å². The number of carboxylic acids is 4. The summed E-state index contributed by atoms with van der Waals surface area (Å²) in [6, 6.07) is -0.904. The zero-order valence-electron chi connectivity index (χ0n) is 26.4.